The maximum Gasteiger partial charge on any atom is 0.220 e. The summed E-state index contributed by atoms with van der Waals surface area (Å²) >= 11 is 0. The van der Waals surface area contributed by atoms with Crippen molar-refractivity contribution in [1.29, 1.82) is 0 Å². The van der Waals surface area contributed by atoms with E-state index in [2.05, 4.69) is 5.16 Å². The van der Waals surface area contributed by atoms with E-state index in [1.54, 1.807) is 0 Å². The second kappa shape index (κ2) is 2.43. The first-order valence-electron chi connectivity index (χ1n) is 3.85. The summed E-state index contributed by atoms with van der Waals surface area (Å²) in [4.78, 5) is 0. The summed E-state index contributed by atoms with van der Waals surface area (Å²) in [5.74, 6) is -0.103. The molecule has 12 heavy (non-hydrogen) atoms. The molecular formula is C6H10N2O3S. The Labute approximate surface area is 70.7 Å². The van der Waals surface area contributed by atoms with Gasteiger partial charge >= 0.3 is 0 Å². The average Bonchev–Trinajstić information content (AvgIpc) is 2.54. The largest absolute Gasteiger partial charge is 0.411 e. The van der Waals surface area contributed by atoms with Crippen molar-refractivity contribution in [3.05, 3.63) is 0 Å². The van der Waals surface area contributed by atoms with Crippen LogP contribution < -0.4 is 0 Å². The monoisotopic (exact) mass is 190 g/mol. The van der Waals surface area contributed by atoms with E-state index in [1.165, 1.54) is 4.31 Å². The van der Waals surface area contributed by atoms with Crippen LogP contribution in [0.25, 0.3) is 0 Å². The van der Waals surface area contributed by atoms with Gasteiger partial charge in [-0.25, -0.2) is 8.42 Å². The van der Waals surface area contributed by atoms with Crippen molar-refractivity contribution < 1.29 is 13.6 Å². The first-order valence-corrected chi connectivity index (χ1v) is 5.46. The molecule has 0 bridgehead atoms. The predicted molar refractivity (Wildman–Crippen MR) is 42.7 cm³/mol. The van der Waals surface area contributed by atoms with Gasteiger partial charge in [0.25, 0.3) is 0 Å². The van der Waals surface area contributed by atoms with E-state index in [0.29, 0.717) is 12.3 Å². The highest BCUT2D eigenvalue weighted by Gasteiger charge is 2.45. The maximum atomic E-state index is 11.3. The van der Waals surface area contributed by atoms with Crippen molar-refractivity contribution in [2.75, 3.05) is 12.3 Å². The van der Waals surface area contributed by atoms with Crippen LogP contribution in [0.5, 0.6) is 0 Å². The van der Waals surface area contributed by atoms with Crippen LogP contribution in [0.15, 0.2) is 5.16 Å². The fraction of sp³-hybridized carbons (Fsp3) is 0.833. The molecule has 0 amide bonds. The third-order valence-corrected chi connectivity index (χ3v) is 4.22. The number of fused-ring (bicyclic) bond motifs is 1. The molecule has 1 unspecified atom stereocenters. The number of oxime groups is 1. The van der Waals surface area contributed by atoms with Gasteiger partial charge in [-0.2, -0.15) is 4.31 Å². The van der Waals surface area contributed by atoms with Gasteiger partial charge in [-0.1, -0.05) is 5.16 Å². The predicted octanol–water partition coefficient (Wildman–Crippen LogP) is -0.376. The quantitative estimate of drug-likeness (QED) is 0.418. The van der Waals surface area contributed by atoms with Crippen molar-refractivity contribution in [3.63, 3.8) is 0 Å². The van der Waals surface area contributed by atoms with Crippen LogP contribution in [0.1, 0.15) is 12.8 Å². The fourth-order valence-electron chi connectivity index (χ4n) is 1.87. The maximum absolute atomic E-state index is 11.3. The highest BCUT2D eigenvalue weighted by atomic mass is 32.2. The lowest BCUT2D eigenvalue weighted by Gasteiger charge is -2.10. The van der Waals surface area contributed by atoms with Gasteiger partial charge in [-0.15, -0.1) is 0 Å². The minimum atomic E-state index is -3.14. The molecule has 2 fully saturated rings. The van der Waals surface area contributed by atoms with Gasteiger partial charge < -0.3 is 5.21 Å². The molecule has 1 N–H and O–H groups in total. The van der Waals surface area contributed by atoms with Crippen LogP contribution in [0.3, 0.4) is 0 Å². The zero-order valence-electron chi connectivity index (χ0n) is 6.47. The van der Waals surface area contributed by atoms with E-state index < -0.39 is 10.0 Å². The smallest absolute Gasteiger partial charge is 0.220 e. The first kappa shape index (κ1) is 8.00. The molecule has 0 radical (unpaired) electrons. The molecule has 2 rings (SSSR count). The zero-order valence-corrected chi connectivity index (χ0v) is 7.29. The Hall–Kier alpha value is -0.620. The first-order chi connectivity index (χ1) is 5.65. The Bertz CT molecular complexity index is 322. The lowest BCUT2D eigenvalue weighted by molar-refractivity contribution is 0.314. The minimum absolute atomic E-state index is 0.103. The van der Waals surface area contributed by atoms with E-state index in [-0.39, 0.29) is 11.8 Å². The van der Waals surface area contributed by atoms with Gasteiger partial charge in [0.1, 0.15) is 5.75 Å². The van der Waals surface area contributed by atoms with Crippen LogP contribution in [0.2, 0.25) is 0 Å². The summed E-state index contributed by atoms with van der Waals surface area (Å²) in [6.45, 7) is 0.575. The van der Waals surface area contributed by atoms with Crippen molar-refractivity contribution in [2.45, 2.75) is 18.9 Å². The molecule has 2 heterocycles. The highest BCUT2D eigenvalue weighted by molar-refractivity contribution is 7.90. The van der Waals surface area contributed by atoms with Gasteiger partial charge in [-0.3, -0.25) is 0 Å². The summed E-state index contributed by atoms with van der Waals surface area (Å²) in [5, 5.41) is 11.6. The van der Waals surface area contributed by atoms with E-state index in [4.69, 9.17) is 5.21 Å². The lowest BCUT2D eigenvalue weighted by Crippen LogP contribution is -2.29. The van der Waals surface area contributed by atoms with Gasteiger partial charge in [-0.05, 0) is 12.8 Å². The van der Waals surface area contributed by atoms with E-state index >= 15 is 0 Å². The van der Waals surface area contributed by atoms with Crippen LogP contribution in [-0.4, -0.2) is 42.0 Å². The summed E-state index contributed by atoms with van der Waals surface area (Å²) in [6.07, 6.45) is 1.65. The van der Waals surface area contributed by atoms with E-state index in [1.807, 2.05) is 0 Å². The molecule has 0 aromatic carbocycles. The summed E-state index contributed by atoms with van der Waals surface area (Å²) in [6, 6.07) is -0.153. The Kier molecular flexibility index (Phi) is 1.62. The van der Waals surface area contributed by atoms with Crippen molar-refractivity contribution in [2.24, 2.45) is 5.16 Å². The van der Waals surface area contributed by atoms with E-state index in [0.717, 1.165) is 12.8 Å². The Balaban J connectivity index is 2.41. The SMILES string of the molecule is O=S1(=O)CC(=NO)C2CCCN21. The third kappa shape index (κ3) is 0.947. The molecule has 1 atom stereocenters. The lowest BCUT2D eigenvalue weighted by atomic mass is 10.1. The molecule has 0 aromatic rings. The van der Waals surface area contributed by atoms with Gasteiger partial charge in [0, 0.05) is 6.54 Å². The molecule has 2 aliphatic heterocycles. The second-order valence-electron chi connectivity index (χ2n) is 3.12. The zero-order chi connectivity index (χ0) is 8.77. The van der Waals surface area contributed by atoms with Gasteiger partial charge in [0.15, 0.2) is 0 Å². The van der Waals surface area contributed by atoms with Crippen molar-refractivity contribution in [3.8, 4) is 0 Å². The normalized spacial score (nSPS) is 37.3. The summed E-state index contributed by atoms with van der Waals surface area (Å²) in [5.41, 5.74) is 0.396. The number of hydrogen-bond acceptors (Lipinski definition) is 4. The summed E-state index contributed by atoms with van der Waals surface area (Å²) < 4.78 is 24.1. The van der Waals surface area contributed by atoms with Crippen LogP contribution in [0, 0.1) is 0 Å². The van der Waals surface area contributed by atoms with Crippen molar-refractivity contribution >= 4 is 15.7 Å². The van der Waals surface area contributed by atoms with Crippen molar-refractivity contribution in [1.82, 2.24) is 4.31 Å². The summed E-state index contributed by atoms with van der Waals surface area (Å²) in [7, 11) is -3.14. The van der Waals surface area contributed by atoms with E-state index in [9.17, 15) is 8.42 Å². The molecule has 0 saturated carbocycles. The Morgan fingerprint density at radius 3 is 3.00 bits per heavy atom. The number of nitrogens with zero attached hydrogens (tertiary/aromatic N) is 2. The molecule has 2 aliphatic rings. The number of rotatable bonds is 0. The minimum Gasteiger partial charge on any atom is -0.411 e. The average molecular weight is 190 g/mol. The van der Waals surface area contributed by atoms with Crippen LogP contribution >= 0.6 is 0 Å². The molecule has 0 aliphatic carbocycles. The molecular weight excluding hydrogens is 180 g/mol. The van der Waals surface area contributed by atoms with Gasteiger partial charge in [0.05, 0.1) is 11.8 Å². The Morgan fingerprint density at radius 1 is 1.58 bits per heavy atom. The second-order valence-corrected chi connectivity index (χ2v) is 5.04. The molecule has 0 aromatic heterocycles. The molecule has 2 saturated heterocycles. The number of sulfonamides is 1. The highest BCUT2D eigenvalue weighted by Crippen LogP contribution is 2.28. The molecule has 68 valence electrons. The molecule has 5 nitrogen and oxygen atoms in total. The molecule has 0 spiro atoms. The topological polar surface area (TPSA) is 70.0 Å². The standard InChI is InChI=1S/C6H10N2O3S/c9-7-5-4-12(10,11)8-3-1-2-6(5)8/h6,9H,1-4H2. The Morgan fingerprint density at radius 2 is 2.33 bits per heavy atom. The van der Waals surface area contributed by atoms with Gasteiger partial charge in [0.2, 0.25) is 10.0 Å². The van der Waals surface area contributed by atoms with Crippen LogP contribution in [-0.2, 0) is 10.0 Å². The van der Waals surface area contributed by atoms with Crippen LogP contribution in [0.4, 0.5) is 0 Å². The third-order valence-electron chi connectivity index (χ3n) is 2.40. The fourth-order valence-corrected chi connectivity index (χ4v) is 3.68. The molecule has 6 heteroatoms. The number of hydrogen-bond donors (Lipinski definition) is 1.